The van der Waals surface area contributed by atoms with Crippen LogP contribution in [0.3, 0.4) is 0 Å². The molecule has 5 heteroatoms. The van der Waals surface area contributed by atoms with Gasteiger partial charge < -0.3 is 5.11 Å². The summed E-state index contributed by atoms with van der Waals surface area (Å²) in [5.74, 6) is -1.08. The number of imide groups is 1. The van der Waals surface area contributed by atoms with E-state index in [0.29, 0.717) is 10.9 Å². The maximum atomic E-state index is 11.6. The Hall–Kier alpha value is -1.36. The molecule has 0 aromatic heterocycles. The van der Waals surface area contributed by atoms with Crippen LogP contribution >= 0.6 is 0 Å². The van der Waals surface area contributed by atoms with Crippen molar-refractivity contribution in [2.45, 2.75) is 0 Å². The summed E-state index contributed by atoms with van der Waals surface area (Å²) in [6.45, 7) is 0. The molecule has 0 saturated heterocycles. The van der Waals surface area contributed by atoms with Crippen molar-refractivity contribution in [2.75, 3.05) is 0 Å². The zero-order valence-corrected chi connectivity index (χ0v) is 8.15. The van der Waals surface area contributed by atoms with Gasteiger partial charge in [-0.15, -0.1) is 0 Å². The molecular weight excluding hydrogens is 229 g/mol. The van der Waals surface area contributed by atoms with Gasteiger partial charge in [0.25, 0.3) is 11.8 Å². The van der Waals surface area contributed by atoms with Gasteiger partial charge in [-0.2, -0.15) is 0 Å². The first-order valence-electron chi connectivity index (χ1n) is 4.79. The van der Waals surface area contributed by atoms with E-state index in [9.17, 15) is 14.7 Å². The van der Waals surface area contributed by atoms with Gasteiger partial charge in [0.1, 0.15) is 5.75 Å². The number of phenols is 1. The van der Waals surface area contributed by atoms with E-state index in [1.165, 1.54) is 6.07 Å². The molecule has 0 unspecified atom stereocenters. The minimum atomic E-state index is -0.549. The topological polar surface area (TPSA) is 66.4 Å². The molecule has 1 heterocycles. The monoisotopic (exact) mass is 237 g/mol. The number of rotatable bonds is 0. The zero-order valence-electron chi connectivity index (χ0n) is 8.15. The first-order valence-corrected chi connectivity index (χ1v) is 4.79. The van der Waals surface area contributed by atoms with Crippen LogP contribution in [0.1, 0.15) is 20.7 Å². The van der Waals surface area contributed by atoms with Crippen molar-refractivity contribution in [3.8, 4) is 5.75 Å². The molecule has 17 heavy (non-hydrogen) atoms. The van der Waals surface area contributed by atoms with Crippen molar-refractivity contribution < 1.29 is 14.7 Å². The predicted molar refractivity (Wildman–Crippen MR) is 64.6 cm³/mol. The van der Waals surface area contributed by atoms with Gasteiger partial charge in [-0.1, -0.05) is 18.2 Å². The number of hydrogen-bond donors (Lipinski definition) is 2. The van der Waals surface area contributed by atoms with Crippen LogP contribution in [0.2, 0.25) is 0 Å². The maximum absolute atomic E-state index is 11.6. The van der Waals surface area contributed by atoms with Crippen LogP contribution in [-0.4, -0.2) is 46.5 Å². The number of carbonyl (C=O) groups excluding carboxylic acids is 2. The quantitative estimate of drug-likeness (QED) is 0.525. The molecular formula is C12H8NNaO3. The number of nitrogens with one attached hydrogen (secondary N) is 1. The molecule has 0 aliphatic carbocycles. The van der Waals surface area contributed by atoms with Crippen LogP contribution in [0.25, 0.3) is 10.8 Å². The number of phenolic OH excluding ortho intramolecular Hbond substituents is 1. The summed E-state index contributed by atoms with van der Waals surface area (Å²) >= 11 is 0. The number of benzene rings is 2. The molecule has 0 atom stereocenters. The van der Waals surface area contributed by atoms with Crippen LogP contribution in [0.5, 0.6) is 5.75 Å². The van der Waals surface area contributed by atoms with E-state index in [1.54, 1.807) is 24.3 Å². The van der Waals surface area contributed by atoms with Gasteiger partial charge in [0.2, 0.25) is 0 Å². The Labute approximate surface area is 119 Å². The Bertz CT molecular complexity index is 651. The van der Waals surface area contributed by atoms with Crippen LogP contribution in [0.4, 0.5) is 0 Å². The second-order valence-corrected chi connectivity index (χ2v) is 3.65. The fraction of sp³-hybridized carbons (Fsp3) is 0. The Kier molecular flexibility index (Phi) is 2.95. The standard InChI is InChI=1S/C12H7NO3.Na.H/c14-8-5-4-6-2-1-3-7-9(6)10(8)12(16)13-11(7)15;;/h1-5,14H,(H,13,15,16);;. The molecule has 0 fully saturated rings. The summed E-state index contributed by atoms with van der Waals surface area (Å²) in [6, 6.07) is 8.31. The van der Waals surface area contributed by atoms with E-state index < -0.39 is 11.8 Å². The molecule has 80 valence electrons. The number of aromatic hydroxyl groups is 1. The third-order valence-corrected chi connectivity index (χ3v) is 2.72. The normalized spacial score (nSPS) is 13.2. The van der Waals surface area contributed by atoms with Crippen molar-refractivity contribution in [2.24, 2.45) is 0 Å². The van der Waals surface area contributed by atoms with Gasteiger partial charge >= 0.3 is 29.6 Å². The zero-order chi connectivity index (χ0) is 11.3. The number of carbonyl (C=O) groups is 2. The molecule has 1 aliphatic rings. The van der Waals surface area contributed by atoms with Crippen molar-refractivity contribution in [1.29, 1.82) is 0 Å². The van der Waals surface area contributed by atoms with E-state index >= 15 is 0 Å². The molecule has 4 nitrogen and oxygen atoms in total. The average molecular weight is 237 g/mol. The van der Waals surface area contributed by atoms with Crippen LogP contribution in [-0.2, 0) is 0 Å². The Balaban J connectivity index is 0.00000108. The van der Waals surface area contributed by atoms with Crippen molar-refractivity contribution in [3.05, 3.63) is 41.5 Å². The fourth-order valence-corrected chi connectivity index (χ4v) is 2.02. The average Bonchev–Trinajstić information content (AvgIpc) is 2.26. The van der Waals surface area contributed by atoms with Gasteiger partial charge in [-0.25, -0.2) is 0 Å². The van der Waals surface area contributed by atoms with E-state index in [1.807, 2.05) is 0 Å². The summed E-state index contributed by atoms with van der Waals surface area (Å²) in [5.41, 5.74) is 0.593. The molecule has 3 rings (SSSR count). The van der Waals surface area contributed by atoms with Crippen LogP contribution < -0.4 is 5.32 Å². The summed E-state index contributed by atoms with van der Waals surface area (Å²) in [7, 11) is 0. The van der Waals surface area contributed by atoms with Gasteiger partial charge in [-0.05, 0) is 17.5 Å². The molecule has 0 bridgehead atoms. The minimum absolute atomic E-state index is 0. The van der Waals surface area contributed by atoms with E-state index in [4.69, 9.17) is 0 Å². The number of hydrogen-bond acceptors (Lipinski definition) is 3. The predicted octanol–water partition coefficient (Wildman–Crippen LogP) is 0.780. The van der Waals surface area contributed by atoms with Crippen LogP contribution in [0, 0.1) is 0 Å². The molecule has 0 saturated carbocycles. The third kappa shape index (κ3) is 1.65. The van der Waals surface area contributed by atoms with Gasteiger partial charge in [-0.3, -0.25) is 14.9 Å². The molecule has 2 aromatic carbocycles. The molecule has 0 radical (unpaired) electrons. The van der Waals surface area contributed by atoms with E-state index in [0.717, 1.165) is 5.39 Å². The molecule has 2 amide bonds. The van der Waals surface area contributed by atoms with Crippen molar-refractivity contribution in [1.82, 2.24) is 5.32 Å². The molecule has 1 aliphatic heterocycles. The second-order valence-electron chi connectivity index (χ2n) is 3.65. The van der Waals surface area contributed by atoms with Crippen molar-refractivity contribution >= 4 is 52.1 Å². The van der Waals surface area contributed by atoms with Crippen molar-refractivity contribution in [3.63, 3.8) is 0 Å². The Morgan fingerprint density at radius 3 is 2.53 bits per heavy atom. The second kappa shape index (κ2) is 4.14. The molecule has 0 spiro atoms. The van der Waals surface area contributed by atoms with Gasteiger partial charge in [0.05, 0.1) is 5.56 Å². The molecule has 2 N–H and O–H groups in total. The first kappa shape index (κ1) is 12.1. The van der Waals surface area contributed by atoms with E-state index in [2.05, 4.69) is 5.32 Å². The van der Waals surface area contributed by atoms with Gasteiger partial charge in [0, 0.05) is 10.9 Å². The fourth-order valence-electron chi connectivity index (χ4n) is 2.02. The SMILES string of the molecule is O=C1NC(=O)c2c(O)ccc3cccc1c23.[NaH]. The summed E-state index contributed by atoms with van der Waals surface area (Å²) < 4.78 is 0. The molecule has 2 aromatic rings. The van der Waals surface area contributed by atoms with Gasteiger partial charge in [0.15, 0.2) is 0 Å². The summed E-state index contributed by atoms with van der Waals surface area (Å²) in [6.07, 6.45) is 0. The Morgan fingerprint density at radius 1 is 1.00 bits per heavy atom. The third-order valence-electron chi connectivity index (χ3n) is 2.72. The number of amides is 2. The first-order chi connectivity index (χ1) is 7.68. The van der Waals surface area contributed by atoms with Crippen LogP contribution in [0.15, 0.2) is 30.3 Å². The van der Waals surface area contributed by atoms with E-state index in [-0.39, 0.29) is 40.9 Å². The summed E-state index contributed by atoms with van der Waals surface area (Å²) in [5, 5.41) is 13.1. The summed E-state index contributed by atoms with van der Waals surface area (Å²) in [4.78, 5) is 23.2. The Morgan fingerprint density at radius 2 is 1.76 bits per heavy atom.